The number of alkyl halides is 2. The van der Waals surface area contributed by atoms with E-state index < -0.39 is 23.7 Å². The fraction of sp³-hybridized carbons (Fsp3) is 0.444. The van der Waals surface area contributed by atoms with Crippen molar-refractivity contribution in [1.29, 1.82) is 0 Å². The molecular weight excluding hydrogens is 222 g/mol. The maximum Gasteiger partial charge on any atom is 0.339 e. The highest BCUT2D eigenvalue weighted by atomic mass is 19.3. The molecule has 0 aliphatic heterocycles. The van der Waals surface area contributed by atoms with E-state index in [1.165, 1.54) is 0 Å². The first kappa shape index (κ1) is 12.4. The number of carbonyl (C=O) groups is 1. The lowest BCUT2D eigenvalue weighted by Gasteiger charge is -2.06. The Bertz CT molecular complexity index is 385. The number of ether oxygens (including phenoxy) is 1. The maximum atomic E-state index is 12.5. The van der Waals surface area contributed by atoms with Gasteiger partial charge in [-0.25, -0.2) is 23.5 Å². The highest BCUT2D eigenvalue weighted by Crippen LogP contribution is 2.20. The van der Waals surface area contributed by atoms with Crippen LogP contribution in [-0.2, 0) is 11.3 Å². The number of aromatic nitrogens is 2. The van der Waals surface area contributed by atoms with Crippen LogP contribution in [-0.4, -0.2) is 27.7 Å². The zero-order valence-corrected chi connectivity index (χ0v) is 8.48. The molecule has 0 bridgehead atoms. The summed E-state index contributed by atoms with van der Waals surface area (Å²) in [4.78, 5) is 17.7. The fourth-order valence-corrected chi connectivity index (χ4v) is 1.03. The lowest BCUT2D eigenvalue weighted by molar-refractivity contribution is 0.0679. The second-order valence-corrected chi connectivity index (χ2v) is 2.83. The largest absolute Gasteiger partial charge is 0.478 e. The van der Waals surface area contributed by atoms with Crippen LogP contribution in [0.2, 0.25) is 0 Å². The molecule has 0 aliphatic rings. The molecule has 1 aromatic heterocycles. The first-order chi connectivity index (χ1) is 7.56. The second kappa shape index (κ2) is 5.45. The molecule has 0 aromatic carbocycles. The highest BCUT2D eigenvalue weighted by Gasteiger charge is 2.20. The van der Waals surface area contributed by atoms with Gasteiger partial charge < -0.3 is 9.84 Å². The van der Waals surface area contributed by atoms with Gasteiger partial charge in [0.1, 0.15) is 17.9 Å². The predicted molar refractivity (Wildman–Crippen MR) is 49.3 cm³/mol. The molecule has 0 saturated carbocycles. The van der Waals surface area contributed by atoms with Gasteiger partial charge in [-0.3, -0.25) is 0 Å². The van der Waals surface area contributed by atoms with Gasteiger partial charge in [0.25, 0.3) is 6.43 Å². The van der Waals surface area contributed by atoms with Crippen LogP contribution in [0.5, 0.6) is 0 Å². The first-order valence-corrected chi connectivity index (χ1v) is 4.51. The minimum Gasteiger partial charge on any atom is -0.478 e. The van der Waals surface area contributed by atoms with Gasteiger partial charge >= 0.3 is 5.97 Å². The molecule has 1 N–H and O–H groups in total. The number of halogens is 2. The second-order valence-electron chi connectivity index (χ2n) is 2.83. The third-order valence-corrected chi connectivity index (χ3v) is 1.74. The average Bonchev–Trinajstić information content (AvgIpc) is 2.25. The number of aromatic carboxylic acids is 1. The highest BCUT2D eigenvalue weighted by molar-refractivity contribution is 5.88. The lowest BCUT2D eigenvalue weighted by Crippen LogP contribution is -2.10. The molecule has 5 nitrogen and oxygen atoms in total. The Morgan fingerprint density at radius 2 is 2.31 bits per heavy atom. The number of hydrogen-bond donors (Lipinski definition) is 1. The van der Waals surface area contributed by atoms with Crippen molar-refractivity contribution in [2.24, 2.45) is 0 Å². The molecule has 1 heterocycles. The summed E-state index contributed by atoms with van der Waals surface area (Å²) in [7, 11) is 0. The van der Waals surface area contributed by atoms with Gasteiger partial charge in [0.05, 0.1) is 0 Å². The molecule has 0 fully saturated rings. The van der Waals surface area contributed by atoms with E-state index in [2.05, 4.69) is 9.97 Å². The molecule has 0 amide bonds. The van der Waals surface area contributed by atoms with Crippen molar-refractivity contribution in [3.8, 4) is 0 Å². The van der Waals surface area contributed by atoms with Crippen molar-refractivity contribution < 1.29 is 23.4 Å². The Balaban J connectivity index is 3.02. The van der Waals surface area contributed by atoms with Gasteiger partial charge in [0.2, 0.25) is 0 Å². The molecule has 0 saturated heterocycles. The number of carboxylic acids is 1. The van der Waals surface area contributed by atoms with Crippen LogP contribution in [0.3, 0.4) is 0 Å². The van der Waals surface area contributed by atoms with Gasteiger partial charge in [-0.2, -0.15) is 0 Å². The monoisotopic (exact) mass is 232 g/mol. The van der Waals surface area contributed by atoms with Gasteiger partial charge in [-0.05, 0) is 6.92 Å². The van der Waals surface area contributed by atoms with E-state index in [0.717, 1.165) is 6.20 Å². The van der Waals surface area contributed by atoms with Crippen molar-refractivity contribution in [2.75, 3.05) is 6.61 Å². The van der Waals surface area contributed by atoms with E-state index in [0.29, 0.717) is 6.61 Å². The quantitative estimate of drug-likeness (QED) is 0.835. The number of carboxylic acid groups (broad SMARTS) is 1. The van der Waals surface area contributed by atoms with Crippen molar-refractivity contribution in [1.82, 2.24) is 9.97 Å². The molecule has 88 valence electrons. The van der Waals surface area contributed by atoms with Crippen molar-refractivity contribution >= 4 is 5.97 Å². The summed E-state index contributed by atoms with van der Waals surface area (Å²) in [5, 5.41) is 8.64. The minimum absolute atomic E-state index is 0.0177. The Labute approximate surface area is 90.1 Å². The van der Waals surface area contributed by atoms with Gasteiger partial charge in [-0.1, -0.05) is 0 Å². The summed E-state index contributed by atoms with van der Waals surface area (Å²) in [5.41, 5.74) is -1.37. The van der Waals surface area contributed by atoms with Crippen LogP contribution in [0, 0.1) is 0 Å². The first-order valence-electron chi connectivity index (χ1n) is 4.51. The Kier molecular flexibility index (Phi) is 4.24. The summed E-state index contributed by atoms with van der Waals surface area (Å²) in [5.74, 6) is -1.43. The molecule has 16 heavy (non-hydrogen) atoms. The fourth-order valence-electron chi connectivity index (χ4n) is 1.03. The molecular formula is C9H10F2N2O3. The summed E-state index contributed by atoms with van der Waals surface area (Å²) in [6.45, 7) is 2.11. The van der Waals surface area contributed by atoms with Crippen molar-refractivity contribution in [3.63, 3.8) is 0 Å². The Hall–Kier alpha value is -1.63. The zero-order chi connectivity index (χ0) is 12.1. The molecule has 0 radical (unpaired) electrons. The zero-order valence-electron chi connectivity index (χ0n) is 8.48. The third kappa shape index (κ3) is 2.93. The van der Waals surface area contributed by atoms with Crippen molar-refractivity contribution in [2.45, 2.75) is 20.0 Å². The van der Waals surface area contributed by atoms with Crippen LogP contribution in [0.1, 0.15) is 35.2 Å². The molecule has 1 aromatic rings. The summed E-state index contributed by atoms with van der Waals surface area (Å²) in [6, 6.07) is 0. The SMILES string of the molecule is CCOCc1ncc(C(=O)O)c(C(F)F)n1. The maximum absolute atomic E-state index is 12.5. The summed E-state index contributed by atoms with van der Waals surface area (Å²) in [6.07, 6.45) is -2.08. The number of nitrogens with zero attached hydrogens (tertiary/aromatic N) is 2. The molecule has 7 heteroatoms. The van der Waals surface area contributed by atoms with E-state index in [1.807, 2.05) is 0 Å². The van der Waals surface area contributed by atoms with Crippen LogP contribution < -0.4 is 0 Å². The third-order valence-electron chi connectivity index (χ3n) is 1.74. The van der Waals surface area contributed by atoms with Gasteiger partial charge in [-0.15, -0.1) is 0 Å². The Morgan fingerprint density at radius 3 is 2.81 bits per heavy atom. The molecule has 0 aliphatic carbocycles. The minimum atomic E-state index is -2.95. The molecule has 0 unspecified atom stereocenters. The van der Waals surface area contributed by atoms with E-state index in [-0.39, 0.29) is 12.4 Å². The molecule has 0 spiro atoms. The molecule has 0 atom stereocenters. The van der Waals surface area contributed by atoms with Crippen molar-refractivity contribution in [3.05, 3.63) is 23.3 Å². The summed E-state index contributed by atoms with van der Waals surface area (Å²) >= 11 is 0. The van der Waals surface area contributed by atoms with E-state index in [9.17, 15) is 13.6 Å². The van der Waals surface area contributed by atoms with Gasteiger partial charge in [0, 0.05) is 12.8 Å². The van der Waals surface area contributed by atoms with Crippen LogP contribution in [0.15, 0.2) is 6.20 Å². The number of rotatable bonds is 5. The van der Waals surface area contributed by atoms with E-state index in [1.54, 1.807) is 6.92 Å². The average molecular weight is 232 g/mol. The normalized spacial score (nSPS) is 10.8. The topological polar surface area (TPSA) is 72.3 Å². The molecule has 1 rings (SSSR count). The van der Waals surface area contributed by atoms with Crippen LogP contribution in [0.4, 0.5) is 8.78 Å². The number of hydrogen-bond acceptors (Lipinski definition) is 4. The van der Waals surface area contributed by atoms with Crippen LogP contribution in [0.25, 0.3) is 0 Å². The summed E-state index contributed by atoms with van der Waals surface area (Å²) < 4.78 is 29.9. The van der Waals surface area contributed by atoms with Gasteiger partial charge in [0.15, 0.2) is 5.82 Å². The van der Waals surface area contributed by atoms with E-state index in [4.69, 9.17) is 9.84 Å². The van der Waals surface area contributed by atoms with E-state index >= 15 is 0 Å². The predicted octanol–water partition coefficient (Wildman–Crippen LogP) is 1.65. The van der Waals surface area contributed by atoms with Crippen LogP contribution >= 0.6 is 0 Å². The Morgan fingerprint density at radius 1 is 1.62 bits per heavy atom. The smallest absolute Gasteiger partial charge is 0.339 e. The lowest BCUT2D eigenvalue weighted by atomic mass is 10.2. The standard InChI is InChI=1S/C9H10F2N2O3/c1-2-16-4-6-12-3-5(9(14)15)7(13-6)8(10)11/h3,8H,2,4H2,1H3,(H,14,15).